The molecule has 1 fully saturated rings. The molecule has 0 aromatic carbocycles. The first-order chi connectivity index (χ1) is 8.07. The van der Waals surface area contributed by atoms with E-state index >= 15 is 0 Å². The van der Waals surface area contributed by atoms with Gasteiger partial charge in [0.2, 0.25) is 5.91 Å². The monoisotopic (exact) mass is 255 g/mol. The fourth-order valence-corrected chi connectivity index (χ4v) is 2.34. The Morgan fingerprint density at radius 2 is 1.89 bits per heavy atom. The highest BCUT2D eigenvalue weighted by Gasteiger charge is 2.43. The van der Waals surface area contributed by atoms with Crippen LogP contribution in [-0.2, 0) is 4.79 Å². The summed E-state index contributed by atoms with van der Waals surface area (Å²) >= 11 is 0. The first-order valence-electron chi connectivity index (χ1n) is 6.82. The van der Waals surface area contributed by atoms with Gasteiger partial charge in [-0.1, -0.05) is 0 Å². The van der Waals surface area contributed by atoms with Crippen LogP contribution >= 0.6 is 0 Å². The van der Waals surface area contributed by atoms with E-state index in [0.29, 0.717) is 6.04 Å². The predicted octanol–water partition coefficient (Wildman–Crippen LogP) is 1.30. The summed E-state index contributed by atoms with van der Waals surface area (Å²) in [6.07, 6.45) is 2.25. The molecule has 1 aliphatic heterocycles. The van der Waals surface area contributed by atoms with Gasteiger partial charge in [-0.3, -0.25) is 4.79 Å². The minimum Gasteiger partial charge on any atom is -0.341 e. The van der Waals surface area contributed by atoms with E-state index in [9.17, 15) is 4.79 Å². The number of piperidine rings is 1. The molecule has 0 spiro atoms. The number of carbonyl (C=O) groups excluding carboxylic acids is 1. The lowest BCUT2D eigenvalue weighted by atomic mass is 9.74. The number of hydrogen-bond donors (Lipinski definition) is 1. The Bertz CT molecular complexity index is 307. The third kappa shape index (κ3) is 3.04. The fraction of sp³-hybridized carbons (Fsp3) is 0.929. The predicted molar refractivity (Wildman–Crippen MR) is 75.3 cm³/mol. The van der Waals surface area contributed by atoms with E-state index in [1.54, 1.807) is 0 Å². The number of amides is 1. The van der Waals surface area contributed by atoms with Crippen molar-refractivity contribution in [2.75, 3.05) is 27.2 Å². The summed E-state index contributed by atoms with van der Waals surface area (Å²) in [4.78, 5) is 16.8. The molecule has 0 radical (unpaired) electrons. The number of nitrogens with zero attached hydrogens (tertiary/aromatic N) is 2. The van der Waals surface area contributed by atoms with Crippen LogP contribution in [0.2, 0.25) is 0 Å². The molecule has 2 N–H and O–H groups in total. The third-order valence-electron chi connectivity index (χ3n) is 4.61. The maximum Gasteiger partial charge on any atom is 0.230 e. The molecular weight excluding hydrogens is 226 g/mol. The first kappa shape index (κ1) is 15.4. The molecule has 1 saturated heterocycles. The summed E-state index contributed by atoms with van der Waals surface area (Å²) in [5.41, 5.74) is 5.09. The van der Waals surface area contributed by atoms with Crippen LogP contribution in [0.15, 0.2) is 0 Å². The van der Waals surface area contributed by atoms with Crippen molar-refractivity contribution < 1.29 is 4.79 Å². The SMILES string of the molecule is CN1CCCC(N(C)C(=O)C(C)(C)C(C)(C)N)C1. The summed E-state index contributed by atoms with van der Waals surface area (Å²) < 4.78 is 0. The number of likely N-dealkylation sites (N-methyl/N-ethyl adjacent to an activating group) is 2. The maximum absolute atomic E-state index is 12.6. The summed E-state index contributed by atoms with van der Waals surface area (Å²) in [5, 5.41) is 0. The molecule has 1 aliphatic rings. The third-order valence-corrected chi connectivity index (χ3v) is 4.61. The first-order valence-corrected chi connectivity index (χ1v) is 6.82. The highest BCUT2D eigenvalue weighted by molar-refractivity contribution is 5.83. The Balaban J connectivity index is 2.77. The van der Waals surface area contributed by atoms with Crippen LogP contribution in [0.4, 0.5) is 0 Å². The molecule has 1 atom stereocenters. The average Bonchev–Trinajstić information content (AvgIpc) is 2.25. The van der Waals surface area contributed by atoms with Crippen LogP contribution in [0, 0.1) is 5.41 Å². The van der Waals surface area contributed by atoms with Gasteiger partial charge in [0.25, 0.3) is 0 Å². The Morgan fingerprint density at radius 3 is 2.33 bits per heavy atom. The van der Waals surface area contributed by atoms with Gasteiger partial charge in [-0.05, 0) is 54.1 Å². The molecule has 4 nitrogen and oxygen atoms in total. The summed E-state index contributed by atoms with van der Waals surface area (Å²) in [6.45, 7) is 9.82. The normalized spacial score (nSPS) is 22.9. The summed E-state index contributed by atoms with van der Waals surface area (Å²) in [6, 6.07) is 0.317. The second-order valence-electron chi connectivity index (χ2n) is 6.82. The average molecular weight is 255 g/mol. The molecule has 1 rings (SSSR count). The zero-order valence-electron chi connectivity index (χ0n) is 12.8. The van der Waals surface area contributed by atoms with E-state index in [1.807, 2.05) is 39.6 Å². The van der Waals surface area contributed by atoms with Crippen LogP contribution in [0.5, 0.6) is 0 Å². The molecule has 18 heavy (non-hydrogen) atoms. The van der Waals surface area contributed by atoms with Gasteiger partial charge in [-0.2, -0.15) is 0 Å². The van der Waals surface area contributed by atoms with E-state index in [4.69, 9.17) is 5.73 Å². The van der Waals surface area contributed by atoms with Gasteiger partial charge in [-0.15, -0.1) is 0 Å². The van der Waals surface area contributed by atoms with E-state index in [1.165, 1.54) is 0 Å². The van der Waals surface area contributed by atoms with Gasteiger partial charge >= 0.3 is 0 Å². The smallest absolute Gasteiger partial charge is 0.230 e. The number of likely N-dealkylation sites (tertiary alicyclic amines) is 1. The minimum atomic E-state index is -0.544. The minimum absolute atomic E-state index is 0.148. The second kappa shape index (κ2) is 5.17. The van der Waals surface area contributed by atoms with Gasteiger partial charge in [0.1, 0.15) is 0 Å². The number of carbonyl (C=O) groups is 1. The molecule has 106 valence electrons. The van der Waals surface area contributed by atoms with Gasteiger partial charge in [0.15, 0.2) is 0 Å². The van der Waals surface area contributed by atoms with E-state index in [0.717, 1.165) is 25.9 Å². The van der Waals surface area contributed by atoms with Crippen LogP contribution < -0.4 is 5.73 Å². The zero-order chi connectivity index (χ0) is 14.1. The van der Waals surface area contributed by atoms with Crippen molar-refractivity contribution in [1.29, 1.82) is 0 Å². The lowest BCUT2D eigenvalue weighted by Gasteiger charge is -2.43. The van der Waals surface area contributed by atoms with Crippen molar-refractivity contribution in [3.8, 4) is 0 Å². The fourth-order valence-electron chi connectivity index (χ4n) is 2.34. The van der Waals surface area contributed by atoms with Crippen molar-refractivity contribution in [2.24, 2.45) is 11.1 Å². The molecule has 4 heteroatoms. The molecular formula is C14H29N3O. The molecule has 0 saturated carbocycles. The summed E-state index contributed by atoms with van der Waals surface area (Å²) in [5.74, 6) is 0.148. The largest absolute Gasteiger partial charge is 0.341 e. The van der Waals surface area contributed by atoms with Crippen molar-refractivity contribution in [2.45, 2.75) is 52.1 Å². The highest BCUT2D eigenvalue weighted by Crippen LogP contribution is 2.31. The second-order valence-corrected chi connectivity index (χ2v) is 6.82. The zero-order valence-corrected chi connectivity index (χ0v) is 12.8. The Hall–Kier alpha value is -0.610. The van der Waals surface area contributed by atoms with Gasteiger partial charge in [-0.25, -0.2) is 0 Å². The van der Waals surface area contributed by atoms with Gasteiger partial charge in [0.05, 0.1) is 5.41 Å². The number of nitrogens with two attached hydrogens (primary N) is 1. The van der Waals surface area contributed by atoms with E-state index in [-0.39, 0.29) is 5.91 Å². The molecule has 1 heterocycles. The Kier molecular flexibility index (Phi) is 4.44. The van der Waals surface area contributed by atoms with Crippen LogP contribution in [0.25, 0.3) is 0 Å². The van der Waals surface area contributed by atoms with E-state index in [2.05, 4.69) is 11.9 Å². The number of hydrogen-bond acceptors (Lipinski definition) is 3. The lowest BCUT2D eigenvalue weighted by Crippen LogP contribution is -2.59. The van der Waals surface area contributed by atoms with Crippen LogP contribution in [-0.4, -0.2) is 54.5 Å². The number of rotatable bonds is 3. The molecule has 0 aliphatic carbocycles. The molecule has 1 amide bonds. The van der Waals surface area contributed by atoms with Gasteiger partial charge in [0, 0.05) is 25.2 Å². The molecule has 0 aromatic rings. The Labute approximate surface area is 111 Å². The Morgan fingerprint density at radius 1 is 1.33 bits per heavy atom. The molecule has 1 unspecified atom stereocenters. The summed E-state index contributed by atoms with van der Waals surface area (Å²) in [7, 11) is 4.03. The molecule has 0 aromatic heterocycles. The van der Waals surface area contributed by atoms with Crippen molar-refractivity contribution in [3.05, 3.63) is 0 Å². The van der Waals surface area contributed by atoms with Crippen LogP contribution in [0.1, 0.15) is 40.5 Å². The highest BCUT2D eigenvalue weighted by atomic mass is 16.2. The van der Waals surface area contributed by atoms with Crippen molar-refractivity contribution in [1.82, 2.24) is 9.80 Å². The lowest BCUT2D eigenvalue weighted by molar-refractivity contribution is -0.145. The maximum atomic E-state index is 12.6. The van der Waals surface area contributed by atoms with Gasteiger partial charge < -0.3 is 15.5 Å². The van der Waals surface area contributed by atoms with E-state index < -0.39 is 11.0 Å². The topological polar surface area (TPSA) is 49.6 Å². The van der Waals surface area contributed by atoms with Crippen LogP contribution in [0.3, 0.4) is 0 Å². The van der Waals surface area contributed by atoms with Crippen molar-refractivity contribution >= 4 is 5.91 Å². The quantitative estimate of drug-likeness (QED) is 0.827. The molecule has 0 bridgehead atoms. The van der Waals surface area contributed by atoms with Crippen molar-refractivity contribution in [3.63, 3.8) is 0 Å². The standard InChI is InChI=1S/C14H29N3O/c1-13(2,14(3,4)15)12(18)17(6)11-8-7-9-16(5)10-11/h11H,7-10,15H2,1-6H3.